The number of nitrogens with zero attached hydrogens (tertiary/aromatic N) is 3. The van der Waals surface area contributed by atoms with E-state index in [9.17, 15) is 18.4 Å². The highest BCUT2D eigenvalue weighted by molar-refractivity contribution is 5.98. The lowest BCUT2D eigenvalue weighted by Crippen LogP contribution is -2.43. The van der Waals surface area contributed by atoms with Crippen LogP contribution in [-0.2, 0) is 4.79 Å². The molecule has 1 atom stereocenters. The molecule has 0 bridgehead atoms. The van der Waals surface area contributed by atoms with Crippen LogP contribution in [0.2, 0.25) is 0 Å². The summed E-state index contributed by atoms with van der Waals surface area (Å²) in [6.07, 6.45) is 4.46. The molecule has 1 saturated heterocycles. The first-order valence-corrected chi connectivity index (χ1v) is 7.70. The zero-order valence-corrected chi connectivity index (χ0v) is 12.8. The maximum atomic E-state index is 13.4. The van der Waals surface area contributed by atoms with E-state index in [1.165, 1.54) is 6.20 Å². The first-order chi connectivity index (χ1) is 11.4. The predicted molar refractivity (Wildman–Crippen MR) is 79.2 cm³/mol. The number of likely N-dealkylation sites (tertiary alicyclic amines) is 1. The topological polar surface area (TPSA) is 86.1 Å². The van der Waals surface area contributed by atoms with Crippen LogP contribution in [0, 0.1) is 11.3 Å². The Labute approximate surface area is 137 Å². The lowest BCUT2D eigenvalue weighted by Gasteiger charge is -2.19. The van der Waals surface area contributed by atoms with Gasteiger partial charge in [-0.1, -0.05) is 0 Å². The molecule has 0 spiro atoms. The van der Waals surface area contributed by atoms with Crippen LogP contribution in [0.4, 0.5) is 8.78 Å². The molecule has 3 rings (SSSR count). The van der Waals surface area contributed by atoms with Crippen molar-refractivity contribution in [2.24, 2.45) is 0 Å². The van der Waals surface area contributed by atoms with Crippen molar-refractivity contribution in [2.75, 3.05) is 13.1 Å². The van der Waals surface area contributed by atoms with E-state index in [0.717, 1.165) is 23.3 Å². The Morgan fingerprint density at radius 1 is 1.46 bits per heavy atom. The molecule has 1 aromatic heterocycles. The molecular weight excluding hydrogens is 318 g/mol. The quantitative estimate of drug-likeness (QED) is 0.903. The SMILES string of the molecule is N#CC1CC(F)(F)CN1C(=O)CNC(=O)c1ccncc1C1CC1. The molecule has 1 N–H and O–H groups in total. The van der Waals surface area contributed by atoms with Gasteiger partial charge in [0.15, 0.2) is 0 Å². The van der Waals surface area contributed by atoms with Gasteiger partial charge in [0.25, 0.3) is 11.8 Å². The minimum absolute atomic E-state index is 0.315. The minimum atomic E-state index is -3.07. The molecule has 8 heteroatoms. The van der Waals surface area contributed by atoms with E-state index in [2.05, 4.69) is 10.3 Å². The smallest absolute Gasteiger partial charge is 0.268 e. The third-order valence-electron chi connectivity index (χ3n) is 4.25. The summed E-state index contributed by atoms with van der Waals surface area (Å²) in [4.78, 5) is 29.2. The van der Waals surface area contributed by atoms with E-state index < -0.39 is 43.3 Å². The summed E-state index contributed by atoms with van der Waals surface area (Å²) in [7, 11) is 0. The van der Waals surface area contributed by atoms with Crippen LogP contribution in [0.15, 0.2) is 18.5 Å². The fourth-order valence-electron chi connectivity index (χ4n) is 2.88. The Hall–Kier alpha value is -2.56. The van der Waals surface area contributed by atoms with Crippen LogP contribution in [0.3, 0.4) is 0 Å². The number of rotatable bonds is 4. The van der Waals surface area contributed by atoms with E-state index >= 15 is 0 Å². The molecule has 2 amide bonds. The Balaban J connectivity index is 1.63. The second-order valence-corrected chi connectivity index (χ2v) is 6.15. The van der Waals surface area contributed by atoms with Gasteiger partial charge in [-0.3, -0.25) is 14.6 Å². The Bertz CT molecular complexity index is 712. The Morgan fingerprint density at radius 3 is 2.88 bits per heavy atom. The van der Waals surface area contributed by atoms with Crippen LogP contribution in [-0.4, -0.2) is 46.8 Å². The van der Waals surface area contributed by atoms with Crippen LogP contribution < -0.4 is 5.32 Å². The maximum Gasteiger partial charge on any atom is 0.268 e. The summed E-state index contributed by atoms with van der Waals surface area (Å²) in [6.45, 7) is -1.21. The largest absolute Gasteiger partial charge is 0.343 e. The molecule has 1 aliphatic carbocycles. The first kappa shape index (κ1) is 16.3. The summed E-state index contributed by atoms with van der Waals surface area (Å²) in [5.74, 6) is -3.87. The van der Waals surface area contributed by atoms with Crippen molar-refractivity contribution in [2.45, 2.75) is 37.1 Å². The number of aromatic nitrogens is 1. The number of nitriles is 1. The molecule has 0 aromatic carbocycles. The highest BCUT2D eigenvalue weighted by Gasteiger charge is 2.47. The van der Waals surface area contributed by atoms with Crippen molar-refractivity contribution in [1.29, 1.82) is 5.26 Å². The number of carbonyl (C=O) groups is 2. The van der Waals surface area contributed by atoms with Crippen molar-refractivity contribution in [3.8, 4) is 6.07 Å². The fraction of sp³-hybridized carbons (Fsp3) is 0.500. The molecule has 2 fully saturated rings. The van der Waals surface area contributed by atoms with Gasteiger partial charge in [-0.2, -0.15) is 5.26 Å². The van der Waals surface area contributed by atoms with Gasteiger partial charge in [0.05, 0.1) is 19.2 Å². The van der Waals surface area contributed by atoms with Crippen molar-refractivity contribution in [3.63, 3.8) is 0 Å². The number of nitrogens with one attached hydrogen (secondary N) is 1. The molecule has 1 aromatic rings. The lowest BCUT2D eigenvalue weighted by molar-refractivity contribution is -0.131. The normalized spacial score (nSPS) is 22.0. The summed E-state index contributed by atoms with van der Waals surface area (Å²) < 4.78 is 26.7. The van der Waals surface area contributed by atoms with Gasteiger partial charge >= 0.3 is 0 Å². The van der Waals surface area contributed by atoms with Crippen LogP contribution >= 0.6 is 0 Å². The number of alkyl halides is 2. The van der Waals surface area contributed by atoms with Crippen LogP contribution in [0.1, 0.15) is 41.1 Å². The lowest BCUT2D eigenvalue weighted by atomic mass is 10.1. The van der Waals surface area contributed by atoms with Crippen molar-refractivity contribution >= 4 is 11.8 Å². The molecule has 2 aliphatic rings. The molecule has 126 valence electrons. The van der Waals surface area contributed by atoms with E-state index in [1.807, 2.05) is 0 Å². The number of halogens is 2. The van der Waals surface area contributed by atoms with E-state index in [4.69, 9.17) is 5.26 Å². The van der Waals surface area contributed by atoms with Crippen LogP contribution in [0.25, 0.3) is 0 Å². The number of hydrogen-bond donors (Lipinski definition) is 1. The first-order valence-electron chi connectivity index (χ1n) is 7.70. The molecule has 6 nitrogen and oxygen atoms in total. The summed E-state index contributed by atoms with van der Waals surface area (Å²) in [5, 5.41) is 11.4. The zero-order valence-electron chi connectivity index (χ0n) is 12.8. The Kier molecular flexibility index (Phi) is 4.18. The van der Waals surface area contributed by atoms with Gasteiger partial charge < -0.3 is 10.2 Å². The number of pyridine rings is 1. The van der Waals surface area contributed by atoms with Gasteiger partial charge in [0.1, 0.15) is 6.04 Å². The predicted octanol–water partition coefficient (Wildman–Crippen LogP) is 1.45. The van der Waals surface area contributed by atoms with Gasteiger partial charge in [-0.15, -0.1) is 0 Å². The van der Waals surface area contributed by atoms with Gasteiger partial charge in [0, 0.05) is 24.4 Å². The van der Waals surface area contributed by atoms with E-state index in [1.54, 1.807) is 18.3 Å². The minimum Gasteiger partial charge on any atom is -0.343 e. The monoisotopic (exact) mass is 334 g/mol. The van der Waals surface area contributed by atoms with Gasteiger partial charge in [0.2, 0.25) is 5.91 Å². The standard InChI is InChI=1S/C16H16F2N4O2/c17-16(18)5-11(6-19)22(9-16)14(23)8-21-15(24)12-3-4-20-7-13(12)10-1-2-10/h3-4,7,10-11H,1-2,5,8-9H2,(H,21,24). The van der Waals surface area contributed by atoms with Crippen molar-refractivity contribution in [1.82, 2.24) is 15.2 Å². The molecule has 1 unspecified atom stereocenters. The van der Waals surface area contributed by atoms with Gasteiger partial charge in [-0.25, -0.2) is 8.78 Å². The summed E-state index contributed by atoms with van der Waals surface area (Å²) in [5.41, 5.74) is 1.29. The highest BCUT2D eigenvalue weighted by Crippen LogP contribution is 2.41. The Morgan fingerprint density at radius 2 is 2.21 bits per heavy atom. The summed E-state index contributed by atoms with van der Waals surface area (Å²) in [6, 6.07) is 2.13. The second kappa shape index (κ2) is 6.15. The molecule has 1 aliphatic heterocycles. The van der Waals surface area contributed by atoms with E-state index in [0.29, 0.717) is 11.5 Å². The van der Waals surface area contributed by atoms with Crippen molar-refractivity contribution < 1.29 is 18.4 Å². The average Bonchev–Trinajstić information content (AvgIpc) is 3.35. The number of amides is 2. The third kappa shape index (κ3) is 3.35. The van der Waals surface area contributed by atoms with E-state index in [-0.39, 0.29) is 0 Å². The molecule has 1 saturated carbocycles. The van der Waals surface area contributed by atoms with Crippen LogP contribution in [0.5, 0.6) is 0 Å². The van der Waals surface area contributed by atoms with Gasteiger partial charge in [-0.05, 0) is 30.4 Å². The fourth-order valence-corrected chi connectivity index (χ4v) is 2.88. The number of hydrogen-bond acceptors (Lipinski definition) is 4. The molecule has 24 heavy (non-hydrogen) atoms. The molecular formula is C16H16F2N4O2. The number of carbonyl (C=O) groups excluding carboxylic acids is 2. The zero-order chi connectivity index (χ0) is 17.3. The average molecular weight is 334 g/mol. The molecule has 2 heterocycles. The highest BCUT2D eigenvalue weighted by atomic mass is 19.3. The molecule has 0 radical (unpaired) electrons. The van der Waals surface area contributed by atoms with Crippen molar-refractivity contribution in [3.05, 3.63) is 29.6 Å². The second-order valence-electron chi connectivity index (χ2n) is 6.15. The maximum absolute atomic E-state index is 13.4. The third-order valence-corrected chi connectivity index (χ3v) is 4.25. The summed E-state index contributed by atoms with van der Waals surface area (Å²) >= 11 is 0.